The fourth-order valence-corrected chi connectivity index (χ4v) is 2.25. The van der Waals surface area contributed by atoms with Gasteiger partial charge in [-0.05, 0) is 25.2 Å². The maximum atomic E-state index is 11.7. The molecule has 0 fully saturated rings. The second-order valence-electron chi connectivity index (χ2n) is 5.14. The number of nitrogen functional groups attached to an aromatic ring is 1. The minimum atomic E-state index is -3.54. The molecule has 0 aromatic heterocycles. The fraction of sp³-hybridized carbons (Fsp3) is 0.500. The van der Waals surface area contributed by atoms with Crippen LogP contribution < -0.4 is 15.8 Å². The lowest BCUT2D eigenvalue weighted by atomic mass is 9.95. The molecule has 5 N–H and O–H groups in total. The zero-order valence-corrected chi connectivity index (χ0v) is 12.2. The summed E-state index contributed by atoms with van der Waals surface area (Å²) in [5.41, 5.74) is 6.39. The maximum absolute atomic E-state index is 11.7. The Kier molecular flexibility index (Phi) is 4.78. The maximum Gasteiger partial charge on any atom is 0.242 e. The summed E-state index contributed by atoms with van der Waals surface area (Å²) in [6.07, 6.45) is 0. The molecule has 0 saturated heterocycles. The Bertz CT molecular complexity index is 541. The van der Waals surface area contributed by atoms with E-state index in [0.29, 0.717) is 12.2 Å². The Balaban J connectivity index is 2.90. The van der Waals surface area contributed by atoms with E-state index in [1.807, 2.05) is 13.8 Å². The van der Waals surface area contributed by atoms with Crippen LogP contribution in [-0.2, 0) is 10.0 Å². The molecule has 1 rings (SSSR count). The lowest BCUT2D eigenvalue weighted by Gasteiger charge is -2.22. The van der Waals surface area contributed by atoms with E-state index in [2.05, 4.69) is 10.0 Å². The van der Waals surface area contributed by atoms with E-state index in [-0.39, 0.29) is 22.6 Å². The number of sulfonamides is 1. The monoisotopic (exact) mass is 287 g/mol. The molecule has 1 aromatic rings. The van der Waals surface area contributed by atoms with E-state index >= 15 is 0 Å². The van der Waals surface area contributed by atoms with Gasteiger partial charge in [0, 0.05) is 24.3 Å². The van der Waals surface area contributed by atoms with Gasteiger partial charge in [0.05, 0.1) is 5.69 Å². The van der Waals surface area contributed by atoms with Gasteiger partial charge >= 0.3 is 0 Å². The molecule has 0 amide bonds. The molecule has 108 valence electrons. The van der Waals surface area contributed by atoms with Gasteiger partial charge in [0.15, 0.2) is 0 Å². The second kappa shape index (κ2) is 5.77. The van der Waals surface area contributed by atoms with E-state index in [9.17, 15) is 8.42 Å². The van der Waals surface area contributed by atoms with Crippen LogP contribution in [0.15, 0.2) is 23.1 Å². The number of nitrogens with one attached hydrogen (secondary N) is 2. The molecule has 7 heteroatoms. The number of hydrogen-bond acceptors (Lipinski definition) is 5. The number of anilines is 2. The SMILES string of the molecule is CNS(=O)(=O)c1ccc(NCC(C)(C)CO)cc1N. The summed E-state index contributed by atoms with van der Waals surface area (Å²) >= 11 is 0. The molecule has 19 heavy (non-hydrogen) atoms. The smallest absolute Gasteiger partial charge is 0.242 e. The highest BCUT2D eigenvalue weighted by Gasteiger charge is 2.18. The predicted molar refractivity (Wildman–Crippen MR) is 76.5 cm³/mol. The average molecular weight is 287 g/mol. The van der Waals surface area contributed by atoms with Crippen LogP contribution in [0.1, 0.15) is 13.8 Å². The fourth-order valence-electron chi connectivity index (χ4n) is 1.41. The summed E-state index contributed by atoms with van der Waals surface area (Å²) < 4.78 is 25.5. The molecule has 0 aliphatic heterocycles. The molecular weight excluding hydrogens is 266 g/mol. The zero-order chi connectivity index (χ0) is 14.7. The van der Waals surface area contributed by atoms with Gasteiger partial charge in [-0.3, -0.25) is 0 Å². The zero-order valence-electron chi connectivity index (χ0n) is 11.4. The number of aliphatic hydroxyl groups excluding tert-OH is 1. The van der Waals surface area contributed by atoms with Crippen molar-refractivity contribution in [3.63, 3.8) is 0 Å². The van der Waals surface area contributed by atoms with Crippen LogP contribution in [0.3, 0.4) is 0 Å². The summed E-state index contributed by atoms with van der Waals surface area (Å²) in [6, 6.07) is 4.67. The van der Waals surface area contributed by atoms with Crippen molar-refractivity contribution in [2.24, 2.45) is 5.41 Å². The Hall–Kier alpha value is -1.31. The second-order valence-corrected chi connectivity index (χ2v) is 6.99. The highest BCUT2D eigenvalue weighted by atomic mass is 32.2. The van der Waals surface area contributed by atoms with Crippen molar-refractivity contribution < 1.29 is 13.5 Å². The highest BCUT2D eigenvalue weighted by Crippen LogP contribution is 2.23. The number of aliphatic hydroxyl groups is 1. The largest absolute Gasteiger partial charge is 0.398 e. The van der Waals surface area contributed by atoms with Gasteiger partial charge in [-0.25, -0.2) is 13.1 Å². The van der Waals surface area contributed by atoms with Crippen molar-refractivity contribution in [1.82, 2.24) is 4.72 Å². The molecule has 0 bridgehead atoms. The van der Waals surface area contributed by atoms with Crippen LogP contribution in [-0.4, -0.2) is 33.7 Å². The van der Waals surface area contributed by atoms with Crippen molar-refractivity contribution in [2.45, 2.75) is 18.7 Å². The van der Waals surface area contributed by atoms with Gasteiger partial charge in [-0.15, -0.1) is 0 Å². The summed E-state index contributed by atoms with van der Waals surface area (Å²) in [7, 11) is -2.20. The van der Waals surface area contributed by atoms with Gasteiger partial charge < -0.3 is 16.2 Å². The third-order valence-electron chi connectivity index (χ3n) is 2.77. The number of benzene rings is 1. The third-order valence-corrected chi connectivity index (χ3v) is 4.26. The summed E-state index contributed by atoms with van der Waals surface area (Å²) in [5, 5.41) is 12.3. The lowest BCUT2D eigenvalue weighted by molar-refractivity contribution is 0.171. The Labute approximate surface area is 114 Å². The van der Waals surface area contributed by atoms with Gasteiger partial charge in [-0.2, -0.15) is 0 Å². The quantitative estimate of drug-likeness (QED) is 0.574. The molecular formula is C12H21N3O3S. The van der Waals surface area contributed by atoms with Gasteiger partial charge in [-0.1, -0.05) is 13.8 Å². The van der Waals surface area contributed by atoms with Crippen molar-refractivity contribution >= 4 is 21.4 Å². The molecule has 0 atom stereocenters. The lowest BCUT2D eigenvalue weighted by Crippen LogP contribution is -2.27. The topological polar surface area (TPSA) is 104 Å². The minimum Gasteiger partial charge on any atom is -0.398 e. The van der Waals surface area contributed by atoms with Crippen molar-refractivity contribution in [1.29, 1.82) is 0 Å². The third kappa shape index (κ3) is 4.09. The summed E-state index contributed by atoms with van der Waals surface area (Å²) in [4.78, 5) is 0.0574. The predicted octanol–water partition coefficient (Wildman–Crippen LogP) is 0.607. The van der Waals surface area contributed by atoms with Crippen molar-refractivity contribution in [3.8, 4) is 0 Å². The van der Waals surface area contributed by atoms with Crippen LogP contribution >= 0.6 is 0 Å². The first-order chi connectivity index (χ1) is 8.72. The number of nitrogens with two attached hydrogens (primary N) is 1. The van der Waals surface area contributed by atoms with Gasteiger partial charge in [0.1, 0.15) is 4.90 Å². The summed E-state index contributed by atoms with van der Waals surface area (Å²) in [5.74, 6) is 0. The van der Waals surface area contributed by atoms with Crippen molar-refractivity contribution in [3.05, 3.63) is 18.2 Å². The molecule has 0 spiro atoms. The van der Waals surface area contributed by atoms with Crippen molar-refractivity contribution in [2.75, 3.05) is 31.2 Å². The molecule has 0 saturated carbocycles. The standard InChI is InChI=1S/C12H21N3O3S/c1-12(2,8-16)7-15-9-4-5-11(10(13)6-9)19(17,18)14-3/h4-6,14-16H,7-8,13H2,1-3H3. The molecule has 0 radical (unpaired) electrons. The minimum absolute atomic E-state index is 0.0572. The molecule has 0 heterocycles. The van der Waals surface area contributed by atoms with E-state index < -0.39 is 10.0 Å². The molecule has 6 nitrogen and oxygen atoms in total. The van der Waals surface area contributed by atoms with Crippen LogP contribution in [0.2, 0.25) is 0 Å². The van der Waals surface area contributed by atoms with Crippen LogP contribution in [0.4, 0.5) is 11.4 Å². The first-order valence-corrected chi connectivity index (χ1v) is 7.38. The Morgan fingerprint density at radius 1 is 1.37 bits per heavy atom. The highest BCUT2D eigenvalue weighted by molar-refractivity contribution is 7.89. The van der Waals surface area contributed by atoms with E-state index in [4.69, 9.17) is 10.8 Å². The van der Waals surface area contributed by atoms with Crippen LogP contribution in [0.5, 0.6) is 0 Å². The number of hydrogen-bond donors (Lipinski definition) is 4. The van der Waals surface area contributed by atoms with E-state index in [1.54, 1.807) is 12.1 Å². The first kappa shape index (κ1) is 15.7. The average Bonchev–Trinajstić information content (AvgIpc) is 2.36. The van der Waals surface area contributed by atoms with Crippen LogP contribution in [0, 0.1) is 5.41 Å². The Morgan fingerprint density at radius 2 is 2.00 bits per heavy atom. The Morgan fingerprint density at radius 3 is 2.47 bits per heavy atom. The van der Waals surface area contributed by atoms with Crippen LogP contribution in [0.25, 0.3) is 0 Å². The van der Waals surface area contributed by atoms with Gasteiger partial charge in [0.25, 0.3) is 0 Å². The molecule has 1 aromatic carbocycles. The molecule has 0 aliphatic rings. The molecule has 0 unspecified atom stereocenters. The van der Waals surface area contributed by atoms with E-state index in [0.717, 1.165) is 0 Å². The first-order valence-electron chi connectivity index (χ1n) is 5.90. The van der Waals surface area contributed by atoms with Gasteiger partial charge in [0.2, 0.25) is 10.0 Å². The molecule has 0 aliphatic carbocycles. The normalized spacial score (nSPS) is 12.4. The summed E-state index contributed by atoms with van der Waals surface area (Å²) in [6.45, 7) is 4.45. The number of rotatable bonds is 6. The van der Waals surface area contributed by atoms with E-state index in [1.165, 1.54) is 13.1 Å².